The Kier molecular flexibility index (Phi) is 8.96. The molecule has 8 nitrogen and oxygen atoms in total. The van der Waals surface area contributed by atoms with E-state index in [0.717, 1.165) is 16.5 Å². The van der Waals surface area contributed by atoms with E-state index in [0.29, 0.717) is 51.3 Å². The molecule has 10 heteroatoms. The van der Waals surface area contributed by atoms with E-state index in [1.807, 2.05) is 32.0 Å². The molecule has 0 spiro atoms. The summed E-state index contributed by atoms with van der Waals surface area (Å²) in [6.45, 7) is 4.54. The highest BCUT2D eigenvalue weighted by molar-refractivity contribution is 9.10. The molecule has 196 valence electrons. The van der Waals surface area contributed by atoms with Crippen LogP contribution in [0.3, 0.4) is 0 Å². The number of carboxylic acid groups (broad SMARTS) is 1. The molecule has 0 radical (unpaired) electrons. The number of ether oxygens (including phenoxy) is 2. The Morgan fingerprint density at radius 3 is 2.53 bits per heavy atom. The van der Waals surface area contributed by atoms with Gasteiger partial charge >= 0.3 is 5.97 Å². The van der Waals surface area contributed by atoms with E-state index >= 15 is 0 Å². The highest BCUT2D eigenvalue weighted by Crippen LogP contribution is 2.37. The third kappa shape index (κ3) is 6.31. The van der Waals surface area contributed by atoms with E-state index in [1.165, 1.54) is 16.8 Å². The Bertz CT molecular complexity index is 1570. The van der Waals surface area contributed by atoms with Gasteiger partial charge < -0.3 is 14.6 Å². The van der Waals surface area contributed by atoms with Crippen LogP contribution in [-0.2, 0) is 13.0 Å². The smallest absolute Gasteiger partial charge is 0.335 e. The molecule has 0 aliphatic rings. The lowest BCUT2D eigenvalue weighted by molar-refractivity contribution is 0.0697. The van der Waals surface area contributed by atoms with Crippen molar-refractivity contribution in [2.75, 3.05) is 6.61 Å². The van der Waals surface area contributed by atoms with Gasteiger partial charge in [-0.2, -0.15) is 9.78 Å². The second-order valence-electron chi connectivity index (χ2n) is 8.35. The van der Waals surface area contributed by atoms with E-state index in [9.17, 15) is 9.59 Å². The Labute approximate surface area is 236 Å². The van der Waals surface area contributed by atoms with Gasteiger partial charge in [0.15, 0.2) is 11.5 Å². The average molecular weight is 643 g/mol. The molecular formula is C28H25Br2N3O5. The summed E-state index contributed by atoms with van der Waals surface area (Å²) in [5, 5.41) is 14.1. The van der Waals surface area contributed by atoms with Crippen LogP contribution in [0.2, 0.25) is 0 Å². The predicted molar refractivity (Wildman–Crippen MR) is 154 cm³/mol. The standard InChI is InChI=1S/C28H25Br2N3O5/c1-3-5-25-32-23-11-10-20(29)14-21(23)27(34)33(25)31-15-18-12-22(30)26(24(13-18)37-4-2)38-16-17-6-8-19(9-7-17)28(35)36/h6-15H,3-5,16H2,1-2H3,(H,35,36). The first kappa shape index (κ1) is 27.5. The number of aromatic carboxylic acids is 1. The molecule has 38 heavy (non-hydrogen) atoms. The lowest BCUT2D eigenvalue weighted by atomic mass is 10.1. The summed E-state index contributed by atoms with van der Waals surface area (Å²) in [5.74, 6) is 0.619. The number of carbonyl (C=O) groups is 1. The van der Waals surface area contributed by atoms with Crippen molar-refractivity contribution in [2.24, 2.45) is 5.10 Å². The van der Waals surface area contributed by atoms with Gasteiger partial charge in [-0.25, -0.2) is 9.78 Å². The summed E-state index contributed by atoms with van der Waals surface area (Å²) >= 11 is 6.98. The molecule has 1 N–H and O–H groups in total. The van der Waals surface area contributed by atoms with Crippen molar-refractivity contribution < 1.29 is 19.4 Å². The first-order valence-electron chi connectivity index (χ1n) is 12.0. The van der Waals surface area contributed by atoms with E-state index in [4.69, 9.17) is 14.6 Å². The van der Waals surface area contributed by atoms with Crippen LogP contribution in [0.1, 0.15) is 47.6 Å². The van der Waals surface area contributed by atoms with Crippen molar-refractivity contribution in [1.82, 2.24) is 9.66 Å². The van der Waals surface area contributed by atoms with E-state index < -0.39 is 5.97 Å². The summed E-state index contributed by atoms with van der Waals surface area (Å²) in [4.78, 5) is 29.0. The van der Waals surface area contributed by atoms with Crippen molar-refractivity contribution in [3.05, 3.63) is 96.4 Å². The second-order valence-corrected chi connectivity index (χ2v) is 10.1. The molecule has 0 amide bonds. The number of hydrogen-bond donors (Lipinski definition) is 1. The maximum atomic E-state index is 13.3. The third-order valence-corrected chi connectivity index (χ3v) is 6.67. The molecule has 0 fully saturated rings. The average Bonchev–Trinajstić information content (AvgIpc) is 2.89. The summed E-state index contributed by atoms with van der Waals surface area (Å²) in [7, 11) is 0. The number of carboxylic acids is 1. The number of fused-ring (bicyclic) bond motifs is 1. The SMILES string of the molecule is CCCc1nc2ccc(Br)cc2c(=O)n1N=Cc1cc(Br)c(OCc2ccc(C(=O)O)cc2)c(OCC)c1. The molecule has 1 aromatic heterocycles. The van der Waals surface area contributed by atoms with Gasteiger partial charge in [0.05, 0.1) is 33.8 Å². The Hall–Kier alpha value is -3.50. The van der Waals surface area contributed by atoms with Crippen LogP contribution in [0.4, 0.5) is 0 Å². The van der Waals surface area contributed by atoms with Gasteiger partial charge in [-0.3, -0.25) is 4.79 Å². The van der Waals surface area contributed by atoms with Gasteiger partial charge in [0, 0.05) is 10.9 Å². The highest BCUT2D eigenvalue weighted by Gasteiger charge is 2.14. The molecule has 1 heterocycles. The number of halogens is 2. The van der Waals surface area contributed by atoms with Gasteiger partial charge in [0.25, 0.3) is 5.56 Å². The van der Waals surface area contributed by atoms with Gasteiger partial charge in [0.2, 0.25) is 0 Å². The fourth-order valence-corrected chi connectivity index (χ4v) is 4.72. The summed E-state index contributed by atoms with van der Waals surface area (Å²) in [6, 6.07) is 15.5. The zero-order chi connectivity index (χ0) is 27.2. The molecule has 3 aromatic carbocycles. The van der Waals surface area contributed by atoms with Crippen LogP contribution in [0.15, 0.2) is 73.4 Å². The Balaban J connectivity index is 1.65. The molecule has 4 aromatic rings. The number of benzene rings is 3. The van der Waals surface area contributed by atoms with E-state index in [1.54, 1.807) is 30.5 Å². The summed E-state index contributed by atoms with van der Waals surface area (Å²) in [5.41, 5.74) is 2.11. The van der Waals surface area contributed by atoms with Crippen LogP contribution in [0.5, 0.6) is 11.5 Å². The Morgan fingerprint density at radius 2 is 1.84 bits per heavy atom. The number of hydrogen-bond acceptors (Lipinski definition) is 6. The summed E-state index contributed by atoms with van der Waals surface area (Å²) < 4.78 is 14.6. The Morgan fingerprint density at radius 1 is 1.08 bits per heavy atom. The predicted octanol–water partition coefficient (Wildman–Crippen LogP) is 6.43. The van der Waals surface area contributed by atoms with E-state index in [2.05, 4.69) is 41.9 Å². The molecule has 0 aliphatic carbocycles. The lowest BCUT2D eigenvalue weighted by Gasteiger charge is -2.15. The van der Waals surface area contributed by atoms with Crippen molar-refractivity contribution >= 4 is 54.9 Å². The van der Waals surface area contributed by atoms with Crippen LogP contribution in [0, 0.1) is 0 Å². The lowest BCUT2D eigenvalue weighted by Crippen LogP contribution is -2.22. The zero-order valence-corrected chi connectivity index (χ0v) is 24.0. The molecule has 0 bridgehead atoms. The third-order valence-electron chi connectivity index (χ3n) is 5.59. The summed E-state index contributed by atoms with van der Waals surface area (Å²) in [6.07, 6.45) is 3.01. The molecule has 0 saturated carbocycles. The van der Waals surface area contributed by atoms with Gasteiger partial charge in [-0.15, -0.1) is 0 Å². The van der Waals surface area contributed by atoms with Crippen LogP contribution >= 0.6 is 31.9 Å². The number of rotatable bonds is 10. The molecule has 0 unspecified atom stereocenters. The van der Waals surface area contributed by atoms with Crippen LogP contribution in [0.25, 0.3) is 10.9 Å². The minimum absolute atomic E-state index is 0.212. The molecule has 0 saturated heterocycles. The highest BCUT2D eigenvalue weighted by atomic mass is 79.9. The normalized spacial score (nSPS) is 11.3. The second kappa shape index (κ2) is 12.4. The minimum Gasteiger partial charge on any atom is -0.490 e. The first-order chi connectivity index (χ1) is 18.3. The fraction of sp³-hybridized carbons (Fsp3) is 0.214. The van der Waals surface area contributed by atoms with Crippen molar-refractivity contribution in [3.63, 3.8) is 0 Å². The van der Waals surface area contributed by atoms with E-state index in [-0.39, 0.29) is 17.7 Å². The first-order valence-corrected chi connectivity index (χ1v) is 13.6. The van der Waals surface area contributed by atoms with Crippen molar-refractivity contribution in [3.8, 4) is 11.5 Å². The molecule has 4 rings (SSSR count). The maximum Gasteiger partial charge on any atom is 0.335 e. The number of aryl methyl sites for hydroxylation is 1. The number of nitrogens with zero attached hydrogens (tertiary/aromatic N) is 3. The monoisotopic (exact) mass is 641 g/mol. The minimum atomic E-state index is -0.979. The van der Waals surface area contributed by atoms with Gasteiger partial charge in [0.1, 0.15) is 12.4 Å². The number of aromatic nitrogens is 2. The fourth-order valence-electron chi connectivity index (χ4n) is 3.79. The van der Waals surface area contributed by atoms with Gasteiger partial charge in [-0.1, -0.05) is 35.0 Å². The quantitative estimate of drug-likeness (QED) is 0.200. The molecule has 0 aliphatic heterocycles. The van der Waals surface area contributed by atoms with Crippen LogP contribution in [-0.4, -0.2) is 33.6 Å². The zero-order valence-electron chi connectivity index (χ0n) is 20.8. The van der Waals surface area contributed by atoms with Gasteiger partial charge in [-0.05, 0) is 82.9 Å². The van der Waals surface area contributed by atoms with Crippen molar-refractivity contribution in [2.45, 2.75) is 33.3 Å². The van der Waals surface area contributed by atoms with Crippen molar-refractivity contribution in [1.29, 1.82) is 0 Å². The molecular weight excluding hydrogens is 618 g/mol. The van der Waals surface area contributed by atoms with Crippen LogP contribution < -0.4 is 15.0 Å². The largest absolute Gasteiger partial charge is 0.490 e. The maximum absolute atomic E-state index is 13.3. The topological polar surface area (TPSA) is 103 Å². The molecule has 0 atom stereocenters.